The Labute approximate surface area is 79.6 Å². The normalized spacial score (nSPS) is 15.9. The van der Waals surface area contributed by atoms with E-state index in [0.717, 1.165) is 0 Å². The molecule has 0 spiro atoms. The minimum atomic E-state index is -2.46. The van der Waals surface area contributed by atoms with Gasteiger partial charge in [-0.25, -0.2) is 4.79 Å². The molecular formula is C5H14N6O3. The third kappa shape index (κ3) is 1.87. The topological polar surface area (TPSA) is 199 Å². The zero-order chi connectivity index (χ0) is 11.6. The number of rotatable bonds is 4. The van der Waals surface area contributed by atoms with Gasteiger partial charge in [0.25, 0.3) is 0 Å². The van der Waals surface area contributed by atoms with Gasteiger partial charge in [0.05, 0.1) is 6.54 Å². The van der Waals surface area contributed by atoms with Crippen LogP contribution in [0.15, 0.2) is 0 Å². The Kier molecular flexibility index (Phi) is 3.65. The lowest BCUT2D eigenvalue weighted by Crippen LogP contribution is -2.83. The number of hydrogen-bond donors (Lipinski definition) is 6. The van der Waals surface area contributed by atoms with Gasteiger partial charge in [-0.3, -0.25) is 22.0 Å². The minimum absolute atomic E-state index is 0.570. The van der Waals surface area contributed by atoms with Crippen molar-refractivity contribution in [2.75, 3.05) is 6.54 Å². The average Bonchev–Trinajstić information content (AvgIpc) is 2.12. The molecule has 9 nitrogen and oxygen atoms in total. The summed E-state index contributed by atoms with van der Waals surface area (Å²) in [7, 11) is 0. The molecule has 0 rings (SSSR count). The summed E-state index contributed by atoms with van der Waals surface area (Å²) in [5.74, 6) is -0.0662. The summed E-state index contributed by atoms with van der Waals surface area (Å²) < 4.78 is 0. The van der Waals surface area contributed by atoms with E-state index in [1.807, 2.05) is 0 Å². The Hall–Kier alpha value is -1.10. The number of carbonyl (C=O) groups is 2. The fourth-order valence-electron chi connectivity index (χ4n) is 0.786. The molecular weight excluding hydrogens is 192 g/mol. The first-order valence-electron chi connectivity index (χ1n) is 3.51. The van der Waals surface area contributed by atoms with Gasteiger partial charge in [0.2, 0.25) is 5.54 Å². The second-order valence-electron chi connectivity index (χ2n) is 2.77. The summed E-state index contributed by atoms with van der Waals surface area (Å²) in [6.07, 6.45) is 0. The van der Waals surface area contributed by atoms with Crippen molar-refractivity contribution in [3.63, 3.8) is 0 Å². The maximum atomic E-state index is 11.2. The van der Waals surface area contributed by atoms with Gasteiger partial charge in [-0.05, 0) is 0 Å². The largest absolute Gasteiger partial charge is 0.371 e. The van der Waals surface area contributed by atoms with Crippen LogP contribution in [0.4, 0.5) is 0 Å². The summed E-state index contributed by atoms with van der Waals surface area (Å²) in [4.78, 5) is 26.1. The Morgan fingerprint density at radius 2 is 1.57 bits per heavy atom. The molecule has 0 aromatic carbocycles. The average molecular weight is 206 g/mol. The molecule has 0 heterocycles. The molecule has 0 aliphatic carbocycles. The molecule has 0 radical (unpaired) electrons. The smallest absolute Gasteiger partial charge is 0.357 e. The van der Waals surface area contributed by atoms with Crippen molar-refractivity contribution in [3.8, 4) is 0 Å². The number of carbonyl (C=O) groups excluding carboxylic acids is 2. The second-order valence-corrected chi connectivity index (χ2v) is 2.77. The second kappa shape index (κ2) is 3.96. The van der Waals surface area contributed by atoms with Crippen molar-refractivity contribution in [1.82, 2.24) is 0 Å². The van der Waals surface area contributed by atoms with E-state index in [1.165, 1.54) is 0 Å². The highest BCUT2D eigenvalue weighted by atomic mass is 16.7. The van der Waals surface area contributed by atoms with E-state index in [0.29, 0.717) is 0 Å². The number of ketones is 1. The monoisotopic (exact) mass is 206 g/mol. The first-order valence-corrected chi connectivity index (χ1v) is 3.51. The van der Waals surface area contributed by atoms with Crippen LogP contribution in [-0.4, -0.2) is 29.6 Å². The van der Waals surface area contributed by atoms with E-state index in [-0.39, 0.29) is 0 Å². The fraction of sp³-hybridized carbons (Fsp3) is 0.600. The van der Waals surface area contributed by atoms with Crippen LogP contribution in [0.25, 0.3) is 0 Å². The van der Waals surface area contributed by atoms with E-state index in [1.54, 1.807) is 0 Å². The van der Waals surface area contributed by atoms with Gasteiger partial charge in [0.1, 0.15) is 0 Å². The number of hydrogen-bond acceptors (Lipinski definition) is 9. The fourth-order valence-corrected chi connectivity index (χ4v) is 0.786. The molecule has 1 atom stereocenters. The molecule has 12 N–H and O–H groups in total. The molecule has 9 heteroatoms. The number of nitrogens with two attached hydrogens (primary N) is 6. The quantitative estimate of drug-likeness (QED) is 0.148. The van der Waals surface area contributed by atoms with Crippen LogP contribution < -0.4 is 34.6 Å². The van der Waals surface area contributed by atoms with Gasteiger partial charge in [-0.1, -0.05) is 0 Å². The van der Waals surface area contributed by atoms with E-state index >= 15 is 0 Å². The Morgan fingerprint density at radius 1 is 1.14 bits per heavy atom. The van der Waals surface area contributed by atoms with Crippen LogP contribution >= 0.6 is 0 Å². The van der Waals surface area contributed by atoms with Crippen LogP contribution in [0.3, 0.4) is 0 Å². The lowest BCUT2D eigenvalue weighted by atomic mass is 9.88. The Bertz CT molecular complexity index is 230. The van der Waals surface area contributed by atoms with Crippen molar-refractivity contribution in [2.45, 2.75) is 11.3 Å². The van der Waals surface area contributed by atoms with Crippen LogP contribution in [0, 0.1) is 0 Å². The summed E-state index contributed by atoms with van der Waals surface area (Å²) in [5.41, 5.74) is 23.4. The molecule has 0 aliphatic rings. The van der Waals surface area contributed by atoms with Crippen molar-refractivity contribution in [3.05, 3.63) is 0 Å². The molecule has 0 aliphatic heterocycles. The van der Waals surface area contributed by atoms with Crippen LogP contribution in [0.2, 0.25) is 0 Å². The molecule has 0 amide bonds. The molecule has 0 saturated carbocycles. The van der Waals surface area contributed by atoms with Crippen molar-refractivity contribution >= 4 is 11.8 Å². The predicted octanol–water partition coefficient (Wildman–Crippen LogP) is -4.84. The highest BCUT2D eigenvalue weighted by molar-refractivity contribution is 6.10. The van der Waals surface area contributed by atoms with Gasteiger partial charge < -0.3 is 16.3 Å². The summed E-state index contributed by atoms with van der Waals surface area (Å²) in [6, 6.07) is 0. The van der Waals surface area contributed by atoms with Crippen molar-refractivity contribution in [1.29, 1.82) is 0 Å². The Balaban J connectivity index is 5.27. The van der Waals surface area contributed by atoms with Gasteiger partial charge in [0.15, 0.2) is 11.6 Å². The third-order valence-electron chi connectivity index (χ3n) is 1.74. The molecule has 0 fully saturated rings. The maximum absolute atomic E-state index is 11.2. The minimum Gasteiger partial charge on any atom is -0.371 e. The SMILES string of the molecule is NCC(=O)C(N)(C(=O)ON)C(N)(N)N. The first kappa shape index (κ1) is 12.9. The van der Waals surface area contributed by atoms with Crippen LogP contribution in [0.1, 0.15) is 0 Å². The molecule has 0 aromatic heterocycles. The molecule has 0 bridgehead atoms. The zero-order valence-electron chi connectivity index (χ0n) is 7.40. The third-order valence-corrected chi connectivity index (χ3v) is 1.74. The highest BCUT2D eigenvalue weighted by Gasteiger charge is 2.54. The predicted molar refractivity (Wildman–Crippen MR) is 46.6 cm³/mol. The van der Waals surface area contributed by atoms with Gasteiger partial charge in [0, 0.05) is 0 Å². The molecule has 14 heavy (non-hydrogen) atoms. The van der Waals surface area contributed by atoms with E-state index in [4.69, 9.17) is 28.7 Å². The van der Waals surface area contributed by atoms with E-state index < -0.39 is 29.6 Å². The van der Waals surface area contributed by atoms with Gasteiger partial charge in [-0.2, -0.15) is 5.90 Å². The first-order chi connectivity index (χ1) is 6.21. The maximum Gasteiger partial charge on any atom is 0.357 e. The highest BCUT2D eigenvalue weighted by Crippen LogP contribution is 2.10. The molecule has 82 valence electrons. The van der Waals surface area contributed by atoms with Crippen molar-refractivity contribution < 1.29 is 14.4 Å². The van der Waals surface area contributed by atoms with E-state index in [2.05, 4.69) is 10.7 Å². The lowest BCUT2D eigenvalue weighted by Gasteiger charge is -2.35. The number of Topliss-reactive ketones (excluding diaryl/α,β-unsaturated/α-hetero) is 1. The molecule has 0 aromatic rings. The van der Waals surface area contributed by atoms with Gasteiger partial charge >= 0.3 is 5.97 Å². The lowest BCUT2D eigenvalue weighted by molar-refractivity contribution is -0.157. The zero-order valence-corrected chi connectivity index (χ0v) is 7.40. The van der Waals surface area contributed by atoms with Crippen molar-refractivity contribution in [2.24, 2.45) is 34.6 Å². The summed E-state index contributed by atoms with van der Waals surface area (Å²) in [6.45, 7) is -0.570. The van der Waals surface area contributed by atoms with E-state index in [9.17, 15) is 9.59 Å². The van der Waals surface area contributed by atoms with Crippen LogP contribution in [-0.2, 0) is 14.4 Å². The summed E-state index contributed by atoms with van der Waals surface area (Å²) in [5, 5.41) is 0. The standard InChI is InChI=1S/C5H14N6O3/c6-1-2(12)4(7,3(13)14-11)5(8,9)10/h1,6-11H2. The molecule has 0 saturated heterocycles. The Morgan fingerprint density at radius 3 is 1.79 bits per heavy atom. The van der Waals surface area contributed by atoms with Gasteiger partial charge in [-0.15, -0.1) is 0 Å². The van der Waals surface area contributed by atoms with Crippen LogP contribution in [0.5, 0.6) is 0 Å². The summed E-state index contributed by atoms with van der Waals surface area (Å²) >= 11 is 0. The molecule has 1 unspecified atom stereocenters.